The van der Waals surface area contributed by atoms with Crippen molar-refractivity contribution in [1.82, 2.24) is 0 Å². The highest BCUT2D eigenvalue weighted by molar-refractivity contribution is 5.63. The third-order valence-corrected chi connectivity index (χ3v) is 2.39. The van der Waals surface area contributed by atoms with Crippen LogP contribution in [0.15, 0.2) is 18.2 Å². The number of hydrogen-bond donors (Lipinski definition) is 1. The number of nitro benzene ring substituents is 1. The molecule has 0 fully saturated rings. The topological polar surface area (TPSA) is 72.4 Å². The Hall–Kier alpha value is -1.62. The summed E-state index contributed by atoms with van der Waals surface area (Å²) in [5.74, 6) is 0. The van der Waals surface area contributed by atoms with Gasteiger partial charge in [-0.25, -0.2) is 0 Å². The maximum absolute atomic E-state index is 10.9. The summed E-state index contributed by atoms with van der Waals surface area (Å²) in [4.78, 5) is 12.3. The molecule has 0 aliphatic heterocycles. The highest BCUT2D eigenvalue weighted by Crippen LogP contribution is 2.27. The first-order valence-corrected chi connectivity index (χ1v) is 5.21. The number of nitrogens with two attached hydrogens (primary N) is 1. The van der Waals surface area contributed by atoms with Gasteiger partial charge in [0.2, 0.25) is 0 Å². The molecule has 0 heterocycles. The zero-order valence-electron chi connectivity index (χ0n) is 9.64. The molecule has 5 heteroatoms. The fraction of sp³-hybridized carbons (Fsp3) is 0.455. The Bertz CT molecular complexity index is 377. The summed E-state index contributed by atoms with van der Waals surface area (Å²) in [5, 5.41) is 10.9. The molecule has 0 spiro atoms. The van der Waals surface area contributed by atoms with E-state index in [2.05, 4.69) is 0 Å². The summed E-state index contributed by atoms with van der Waals surface area (Å²) >= 11 is 0. The number of rotatable bonds is 5. The lowest BCUT2D eigenvalue weighted by Gasteiger charge is -2.13. The number of nitrogens with zero attached hydrogens (tertiary/aromatic N) is 2. The van der Waals surface area contributed by atoms with Gasteiger partial charge in [0.1, 0.15) is 5.69 Å². The average Bonchev–Trinajstić information content (AvgIpc) is 2.25. The van der Waals surface area contributed by atoms with Crippen LogP contribution in [0.3, 0.4) is 0 Å². The zero-order chi connectivity index (χ0) is 12.1. The van der Waals surface area contributed by atoms with Crippen LogP contribution < -0.4 is 10.6 Å². The van der Waals surface area contributed by atoms with E-state index in [1.165, 1.54) is 0 Å². The predicted molar refractivity (Wildman–Crippen MR) is 64.8 cm³/mol. The van der Waals surface area contributed by atoms with Gasteiger partial charge in [-0.1, -0.05) is 6.07 Å². The third-order valence-electron chi connectivity index (χ3n) is 2.39. The van der Waals surface area contributed by atoms with E-state index in [0.717, 1.165) is 18.4 Å². The molecule has 0 atom stereocenters. The summed E-state index contributed by atoms with van der Waals surface area (Å²) in [7, 11) is 3.59. The van der Waals surface area contributed by atoms with E-state index in [-0.39, 0.29) is 10.6 Å². The summed E-state index contributed by atoms with van der Waals surface area (Å²) in [6, 6.07) is 5.33. The van der Waals surface area contributed by atoms with Crippen LogP contribution in [0.5, 0.6) is 0 Å². The van der Waals surface area contributed by atoms with Crippen molar-refractivity contribution in [2.45, 2.75) is 12.8 Å². The molecular formula is C11H17N3O2. The molecular weight excluding hydrogens is 206 g/mol. The number of anilines is 1. The van der Waals surface area contributed by atoms with Gasteiger partial charge in [-0.2, -0.15) is 0 Å². The average molecular weight is 223 g/mol. The lowest BCUT2D eigenvalue weighted by Crippen LogP contribution is -2.11. The first-order chi connectivity index (χ1) is 7.56. The number of hydrogen-bond acceptors (Lipinski definition) is 4. The number of nitro groups is 1. The van der Waals surface area contributed by atoms with E-state index in [9.17, 15) is 10.1 Å². The lowest BCUT2D eigenvalue weighted by atomic mass is 10.1. The highest BCUT2D eigenvalue weighted by atomic mass is 16.6. The van der Waals surface area contributed by atoms with E-state index >= 15 is 0 Å². The fourth-order valence-electron chi connectivity index (χ4n) is 1.56. The molecule has 0 saturated heterocycles. The van der Waals surface area contributed by atoms with Crippen molar-refractivity contribution in [3.8, 4) is 0 Å². The van der Waals surface area contributed by atoms with Crippen LogP contribution in [-0.4, -0.2) is 25.6 Å². The minimum absolute atomic E-state index is 0.152. The molecule has 2 N–H and O–H groups in total. The minimum Gasteiger partial charge on any atom is -0.372 e. The van der Waals surface area contributed by atoms with Crippen LogP contribution in [0.25, 0.3) is 0 Å². The normalized spacial score (nSPS) is 10.2. The standard InChI is InChI=1S/C11H17N3O2/c1-13(2)10-6-5-9(4-3-7-12)8-11(10)14(15)16/h5-6,8H,3-4,7,12H2,1-2H3. The van der Waals surface area contributed by atoms with Crippen LogP contribution in [0.2, 0.25) is 0 Å². The maximum Gasteiger partial charge on any atom is 0.292 e. The van der Waals surface area contributed by atoms with Gasteiger partial charge in [-0.3, -0.25) is 10.1 Å². The van der Waals surface area contributed by atoms with Crippen molar-refractivity contribution in [2.75, 3.05) is 25.5 Å². The molecule has 0 aromatic heterocycles. The molecule has 0 unspecified atom stereocenters. The van der Waals surface area contributed by atoms with Gasteiger partial charge < -0.3 is 10.6 Å². The number of benzene rings is 1. The molecule has 5 nitrogen and oxygen atoms in total. The molecule has 0 bridgehead atoms. The molecule has 0 amide bonds. The monoisotopic (exact) mass is 223 g/mol. The Kier molecular flexibility index (Phi) is 4.25. The molecule has 0 aliphatic rings. The van der Waals surface area contributed by atoms with Gasteiger partial charge >= 0.3 is 0 Å². The lowest BCUT2D eigenvalue weighted by molar-refractivity contribution is -0.384. The summed E-state index contributed by atoms with van der Waals surface area (Å²) in [5.41, 5.74) is 7.15. The first kappa shape index (κ1) is 12.4. The van der Waals surface area contributed by atoms with Gasteiger partial charge in [0, 0.05) is 20.2 Å². The Morgan fingerprint density at radius 2 is 2.12 bits per heavy atom. The van der Waals surface area contributed by atoms with Gasteiger partial charge in [0.15, 0.2) is 0 Å². The Morgan fingerprint density at radius 3 is 2.62 bits per heavy atom. The van der Waals surface area contributed by atoms with E-state index in [4.69, 9.17) is 5.73 Å². The van der Waals surface area contributed by atoms with Crippen molar-refractivity contribution < 1.29 is 4.92 Å². The molecule has 1 aromatic carbocycles. The number of aryl methyl sites for hydroxylation is 1. The van der Waals surface area contributed by atoms with E-state index in [1.54, 1.807) is 31.1 Å². The van der Waals surface area contributed by atoms with E-state index in [0.29, 0.717) is 12.2 Å². The quantitative estimate of drug-likeness (QED) is 0.607. The van der Waals surface area contributed by atoms with Crippen LogP contribution in [0, 0.1) is 10.1 Å². The zero-order valence-corrected chi connectivity index (χ0v) is 9.64. The Labute approximate surface area is 95.0 Å². The SMILES string of the molecule is CN(C)c1ccc(CCCN)cc1[N+](=O)[O-]. The third kappa shape index (κ3) is 2.93. The molecule has 0 aliphatic carbocycles. The molecule has 0 radical (unpaired) electrons. The highest BCUT2D eigenvalue weighted by Gasteiger charge is 2.15. The van der Waals surface area contributed by atoms with Crippen molar-refractivity contribution in [3.63, 3.8) is 0 Å². The van der Waals surface area contributed by atoms with Crippen LogP contribution >= 0.6 is 0 Å². The Balaban J connectivity index is 3.03. The maximum atomic E-state index is 10.9. The van der Waals surface area contributed by atoms with Crippen molar-refractivity contribution in [1.29, 1.82) is 0 Å². The second kappa shape index (κ2) is 5.46. The second-order valence-corrected chi connectivity index (χ2v) is 3.87. The minimum atomic E-state index is -0.346. The van der Waals surface area contributed by atoms with E-state index < -0.39 is 0 Å². The first-order valence-electron chi connectivity index (χ1n) is 5.21. The van der Waals surface area contributed by atoms with Gasteiger partial charge in [-0.05, 0) is 31.0 Å². The Morgan fingerprint density at radius 1 is 1.44 bits per heavy atom. The van der Waals surface area contributed by atoms with Gasteiger partial charge in [-0.15, -0.1) is 0 Å². The van der Waals surface area contributed by atoms with Gasteiger partial charge in [0.05, 0.1) is 4.92 Å². The molecule has 1 aromatic rings. The largest absolute Gasteiger partial charge is 0.372 e. The molecule has 0 saturated carbocycles. The smallest absolute Gasteiger partial charge is 0.292 e. The van der Waals surface area contributed by atoms with Crippen molar-refractivity contribution >= 4 is 11.4 Å². The molecule has 16 heavy (non-hydrogen) atoms. The van der Waals surface area contributed by atoms with Crippen LogP contribution in [0.1, 0.15) is 12.0 Å². The van der Waals surface area contributed by atoms with Crippen molar-refractivity contribution in [2.24, 2.45) is 5.73 Å². The summed E-state index contributed by atoms with van der Waals surface area (Å²) in [6.07, 6.45) is 1.63. The fourth-order valence-corrected chi connectivity index (χ4v) is 1.56. The molecule has 1 rings (SSSR count). The van der Waals surface area contributed by atoms with Gasteiger partial charge in [0.25, 0.3) is 5.69 Å². The van der Waals surface area contributed by atoms with Crippen LogP contribution in [0.4, 0.5) is 11.4 Å². The van der Waals surface area contributed by atoms with E-state index in [1.807, 2.05) is 6.07 Å². The summed E-state index contributed by atoms with van der Waals surface area (Å²) in [6.45, 7) is 0.600. The second-order valence-electron chi connectivity index (χ2n) is 3.87. The van der Waals surface area contributed by atoms with Crippen molar-refractivity contribution in [3.05, 3.63) is 33.9 Å². The summed E-state index contributed by atoms with van der Waals surface area (Å²) < 4.78 is 0. The van der Waals surface area contributed by atoms with Crippen LogP contribution in [-0.2, 0) is 6.42 Å². The molecule has 88 valence electrons. The predicted octanol–water partition coefficient (Wildman–Crippen LogP) is 1.55.